The molecular formula is C18H26N4O3. The zero-order valence-corrected chi connectivity index (χ0v) is 14.5. The van der Waals surface area contributed by atoms with Crippen molar-refractivity contribution in [1.29, 1.82) is 0 Å². The highest BCUT2D eigenvalue weighted by molar-refractivity contribution is 5.79. The highest BCUT2D eigenvalue weighted by atomic mass is 16.5. The third-order valence-electron chi connectivity index (χ3n) is 5.79. The number of rotatable bonds is 5. The molecular weight excluding hydrogens is 320 g/mol. The van der Waals surface area contributed by atoms with E-state index in [2.05, 4.69) is 5.10 Å². The molecule has 3 fully saturated rings. The maximum Gasteiger partial charge on any atom is 0.246 e. The first-order valence-corrected chi connectivity index (χ1v) is 9.35. The van der Waals surface area contributed by atoms with Gasteiger partial charge >= 0.3 is 0 Å². The van der Waals surface area contributed by atoms with Crippen molar-refractivity contribution in [2.24, 2.45) is 11.7 Å². The SMILES string of the molecule is NC(=O)[C@H]1CC[C@@H](C2CCN(C(=O)Cn3cc(C4CC4)cn3)CC2)O1. The molecule has 1 aromatic heterocycles. The lowest BCUT2D eigenvalue weighted by Crippen LogP contribution is -2.43. The van der Waals surface area contributed by atoms with Gasteiger partial charge in [0.05, 0.1) is 12.3 Å². The zero-order chi connectivity index (χ0) is 17.4. The van der Waals surface area contributed by atoms with Crippen LogP contribution in [0.4, 0.5) is 0 Å². The van der Waals surface area contributed by atoms with Crippen molar-refractivity contribution in [3.63, 3.8) is 0 Å². The number of piperidine rings is 1. The van der Waals surface area contributed by atoms with Crippen molar-refractivity contribution < 1.29 is 14.3 Å². The van der Waals surface area contributed by atoms with E-state index >= 15 is 0 Å². The number of amides is 2. The van der Waals surface area contributed by atoms with Gasteiger partial charge in [-0.05, 0) is 55.9 Å². The van der Waals surface area contributed by atoms with Crippen LogP contribution in [0.5, 0.6) is 0 Å². The van der Waals surface area contributed by atoms with Crippen molar-refractivity contribution >= 4 is 11.8 Å². The van der Waals surface area contributed by atoms with Crippen LogP contribution < -0.4 is 5.73 Å². The first-order valence-electron chi connectivity index (χ1n) is 9.35. The van der Waals surface area contributed by atoms with Crippen molar-refractivity contribution in [2.75, 3.05) is 13.1 Å². The molecule has 0 aromatic carbocycles. The number of likely N-dealkylation sites (tertiary alicyclic amines) is 1. The first-order chi connectivity index (χ1) is 12.1. The van der Waals surface area contributed by atoms with Gasteiger partial charge in [-0.2, -0.15) is 5.10 Å². The number of nitrogens with two attached hydrogens (primary N) is 1. The fraction of sp³-hybridized carbons (Fsp3) is 0.722. The molecule has 1 aliphatic carbocycles. The van der Waals surface area contributed by atoms with E-state index in [1.807, 2.05) is 17.3 Å². The molecule has 2 saturated heterocycles. The van der Waals surface area contributed by atoms with Crippen LogP contribution in [0.3, 0.4) is 0 Å². The van der Waals surface area contributed by atoms with Gasteiger partial charge in [-0.15, -0.1) is 0 Å². The number of carbonyl (C=O) groups is 2. The lowest BCUT2D eigenvalue weighted by molar-refractivity contribution is -0.135. The third kappa shape index (κ3) is 3.71. The molecule has 1 aromatic rings. The summed E-state index contributed by atoms with van der Waals surface area (Å²) in [5.74, 6) is 0.848. The molecule has 7 nitrogen and oxygen atoms in total. The van der Waals surface area contributed by atoms with Crippen LogP contribution in [0.15, 0.2) is 12.4 Å². The number of hydrogen-bond acceptors (Lipinski definition) is 4. The van der Waals surface area contributed by atoms with E-state index in [4.69, 9.17) is 10.5 Å². The van der Waals surface area contributed by atoms with Crippen LogP contribution in [0.1, 0.15) is 50.0 Å². The zero-order valence-electron chi connectivity index (χ0n) is 14.5. The number of ether oxygens (including phenoxy) is 1. The second-order valence-electron chi connectivity index (χ2n) is 7.61. The summed E-state index contributed by atoms with van der Waals surface area (Å²) in [6, 6.07) is 0. The van der Waals surface area contributed by atoms with Crippen molar-refractivity contribution in [2.45, 2.75) is 63.2 Å². The minimum absolute atomic E-state index is 0.113. The van der Waals surface area contributed by atoms with E-state index in [1.54, 1.807) is 4.68 Å². The van der Waals surface area contributed by atoms with Gasteiger partial charge in [0.2, 0.25) is 11.8 Å². The summed E-state index contributed by atoms with van der Waals surface area (Å²) >= 11 is 0. The maximum atomic E-state index is 12.5. The Kier molecular flexibility index (Phi) is 4.50. The normalized spacial score (nSPS) is 27.6. The Hall–Kier alpha value is -1.89. The topological polar surface area (TPSA) is 90.5 Å². The molecule has 2 atom stereocenters. The second kappa shape index (κ2) is 6.78. The van der Waals surface area contributed by atoms with Gasteiger partial charge in [0.25, 0.3) is 0 Å². The Balaban J connectivity index is 1.25. The largest absolute Gasteiger partial charge is 0.367 e. The van der Waals surface area contributed by atoms with Gasteiger partial charge in [-0.25, -0.2) is 0 Å². The smallest absolute Gasteiger partial charge is 0.246 e. The molecule has 0 radical (unpaired) electrons. The van der Waals surface area contributed by atoms with E-state index in [0.717, 1.165) is 38.8 Å². The van der Waals surface area contributed by atoms with Crippen LogP contribution in [-0.4, -0.2) is 51.8 Å². The Morgan fingerprint density at radius 1 is 1.16 bits per heavy atom. The Morgan fingerprint density at radius 3 is 2.56 bits per heavy atom. The molecule has 2 amide bonds. The molecule has 7 heteroatoms. The second-order valence-corrected chi connectivity index (χ2v) is 7.61. The molecule has 0 unspecified atom stereocenters. The highest BCUT2D eigenvalue weighted by Crippen LogP contribution is 2.39. The van der Waals surface area contributed by atoms with Gasteiger partial charge in [0.15, 0.2) is 0 Å². The molecule has 0 bridgehead atoms. The van der Waals surface area contributed by atoms with Gasteiger partial charge in [-0.3, -0.25) is 14.3 Å². The molecule has 2 aliphatic heterocycles. The summed E-state index contributed by atoms with van der Waals surface area (Å²) < 4.78 is 7.56. The summed E-state index contributed by atoms with van der Waals surface area (Å²) in [6.07, 6.45) is 9.54. The van der Waals surface area contributed by atoms with Crippen molar-refractivity contribution in [3.8, 4) is 0 Å². The highest BCUT2D eigenvalue weighted by Gasteiger charge is 2.36. The fourth-order valence-corrected chi connectivity index (χ4v) is 4.07. The minimum Gasteiger partial charge on any atom is -0.367 e. The van der Waals surface area contributed by atoms with Crippen LogP contribution >= 0.6 is 0 Å². The van der Waals surface area contributed by atoms with E-state index < -0.39 is 6.10 Å². The van der Waals surface area contributed by atoms with E-state index in [9.17, 15) is 9.59 Å². The lowest BCUT2D eigenvalue weighted by Gasteiger charge is -2.34. The van der Waals surface area contributed by atoms with Gasteiger partial charge < -0.3 is 15.4 Å². The monoisotopic (exact) mass is 346 g/mol. The summed E-state index contributed by atoms with van der Waals surface area (Å²) in [6.45, 7) is 1.82. The maximum absolute atomic E-state index is 12.5. The molecule has 0 spiro atoms. The lowest BCUT2D eigenvalue weighted by atomic mass is 9.89. The Bertz CT molecular complexity index is 647. The first kappa shape index (κ1) is 16.6. The van der Waals surface area contributed by atoms with Crippen LogP contribution in [-0.2, 0) is 20.9 Å². The molecule has 3 heterocycles. The predicted octanol–water partition coefficient (Wildman–Crippen LogP) is 1.03. The number of nitrogens with zero attached hydrogens (tertiary/aromatic N) is 3. The molecule has 25 heavy (non-hydrogen) atoms. The molecule has 1 saturated carbocycles. The van der Waals surface area contributed by atoms with Gasteiger partial charge in [0.1, 0.15) is 12.6 Å². The van der Waals surface area contributed by atoms with E-state index in [1.165, 1.54) is 18.4 Å². The Labute approximate surface area is 147 Å². The number of primary amides is 1. The van der Waals surface area contributed by atoms with Crippen LogP contribution in [0.25, 0.3) is 0 Å². The fourth-order valence-electron chi connectivity index (χ4n) is 4.07. The summed E-state index contributed by atoms with van der Waals surface area (Å²) in [7, 11) is 0. The average molecular weight is 346 g/mol. The number of hydrogen-bond donors (Lipinski definition) is 1. The van der Waals surface area contributed by atoms with E-state index in [-0.39, 0.29) is 17.9 Å². The molecule has 136 valence electrons. The van der Waals surface area contributed by atoms with Gasteiger partial charge in [0, 0.05) is 19.3 Å². The summed E-state index contributed by atoms with van der Waals surface area (Å²) in [4.78, 5) is 25.7. The predicted molar refractivity (Wildman–Crippen MR) is 90.6 cm³/mol. The summed E-state index contributed by atoms with van der Waals surface area (Å²) in [5, 5.41) is 4.32. The molecule has 4 rings (SSSR count). The van der Waals surface area contributed by atoms with Crippen molar-refractivity contribution in [3.05, 3.63) is 18.0 Å². The number of carbonyl (C=O) groups excluding carboxylic acids is 2. The van der Waals surface area contributed by atoms with Crippen LogP contribution in [0, 0.1) is 5.92 Å². The van der Waals surface area contributed by atoms with E-state index in [0.29, 0.717) is 18.4 Å². The van der Waals surface area contributed by atoms with Crippen LogP contribution in [0.2, 0.25) is 0 Å². The molecule has 3 aliphatic rings. The quantitative estimate of drug-likeness (QED) is 0.862. The molecule has 2 N–H and O–H groups in total. The van der Waals surface area contributed by atoms with Gasteiger partial charge in [-0.1, -0.05) is 0 Å². The summed E-state index contributed by atoms with van der Waals surface area (Å²) in [5.41, 5.74) is 6.58. The standard InChI is InChI=1S/C18H26N4O3/c19-18(24)16-4-3-15(25-16)13-5-7-21(8-6-13)17(23)11-22-10-14(9-20-22)12-1-2-12/h9-10,12-13,15-16H,1-8,11H2,(H2,19,24)/t15-,16+/m0/s1. The minimum atomic E-state index is -0.426. The third-order valence-corrected chi connectivity index (χ3v) is 5.79. The average Bonchev–Trinajstić information content (AvgIpc) is 3.15. The Morgan fingerprint density at radius 2 is 1.92 bits per heavy atom. The van der Waals surface area contributed by atoms with Crippen molar-refractivity contribution in [1.82, 2.24) is 14.7 Å². The number of aromatic nitrogens is 2.